The maximum atomic E-state index is 10.5. The van der Waals surface area contributed by atoms with Crippen LogP contribution in [0.2, 0.25) is 0 Å². The van der Waals surface area contributed by atoms with E-state index in [2.05, 4.69) is 13.2 Å². The molecule has 0 saturated carbocycles. The van der Waals surface area contributed by atoms with Crippen molar-refractivity contribution in [3.05, 3.63) is 42.3 Å². The summed E-state index contributed by atoms with van der Waals surface area (Å²) in [6.07, 6.45) is 1.14. The summed E-state index contributed by atoms with van der Waals surface area (Å²) >= 11 is 1.38. The number of hydrogen-bond acceptors (Lipinski definition) is 6. The van der Waals surface area contributed by atoms with Crippen LogP contribution in [0.4, 0.5) is 0 Å². The smallest absolute Gasteiger partial charge is 0.336 e. The van der Waals surface area contributed by atoms with Gasteiger partial charge in [0.25, 0.3) is 0 Å². The number of carbonyl (C=O) groups is 2. The lowest BCUT2D eigenvalue weighted by Gasteiger charge is -1.92. The van der Waals surface area contributed by atoms with Gasteiger partial charge in [-0.1, -0.05) is 13.2 Å². The van der Waals surface area contributed by atoms with Crippen LogP contribution >= 0.6 is 11.3 Å². The minimum atomic E-state index is -0.935. The lowest BCUT2D eigenvalue weighted by molar-refractivity contribution is -0.132. The molecule has 1 rings (SSSR count). The van der Waals surface area contributed by atoms with E-state index in [1.54, 1.807) is 6.07 Å². The lowest BCUT2D eigenvalue weighted by atomic mass is 10.4. The molecule has 20 heavy (non-hydrogen) atoms. The Kier molecular flexibility index (Phi) is 13.7. The maximum absolute atomic E-state index is 10.5. The van der Waals surface area contributed by atoms with Gasteiger partial charge in [-0.25, -0.2) is 9.59 Å². The normalized spacial score (nSPS) is 8.15. The van der Waals surface area contributed by atoms with Crippen LogP contribution in [0.25, 0.3) is 0 Å². The van der Waals surface area contributed by atoms with E-state index in [-0.39, 0.29) is 18.8 Å². The highest BCUT2D eigenvalue weighted by molar-refractivity contribution is 7.11. The van der Waals surface area contributed by atoms with Gasteiger partial charge in [-0.3, -0.25) is 0 Å². The number of aliphatic hydroxyl groups excluding tert-OH is 2. The average molecular weight is 302 g/mol. The Balaban J connectivity index is 0. The second kappa shape index (κ2) is 13.5. The van der Waals surface area contributed by atoms with Crippen molar-refractivity contribution < 1.29 is 29.6 Å². The maximum Gasteiger partial charge on any atom is 0.336 e. The molecule has 0 amide bonds. The summed E-state index contributed by atoms with van der Waals surface area (Å²) in [7, 11) is 0. The molecule has 0 fully saturated rings. The van der Waals surface area contributed by atoms with Crippen LogP contribution in [0, 0.1) is 0 Å². The third-order valence-electron chi connectivity index (χ3n) is 1.33. The van der Waals surface area contributed by atoms with E-state index in [0.717, 1.165) is 6.08 Å². The Labute approximate surface area is 121 Å². The van der Waals surface area contributed by atoms with E-state index in [1.165, 1.54) is 18.3 Å². The molecule has 0 aliphatic carbocycles. The molecule has 1 aromatic heterocycles. The fourth-order valence-electron chi connectivity index (χ4n) is 0.462. The summed E-state index contributed by atoms with van der Waals surface area (Å²) in [6, 6.07) is 3.54. The number of rotatable bonds is 4. The van der Waals surface area contributed by atoms with Crippen LogP contribution < -0.4 is 4.74 Å². The van der Waals surface area contributed by atoms with Crippen LogP contribution in [0.5, 0.6) is 5.06 Å². The van der Waals surface area contributed by atoms with E-state index >= 15 is 0 Å². The average Bonchev–Trinajstić information content (AvgIpc) is 2.92. The van der Waals surface area contributed by atoms with Gasteiger partial charge in [0, 0.05) is 11.6 Å². The summed E-state index contributed by atoms with van der Waals surface area (Å²) in [5.74, 6) is -1.35. The molecule has 0 radical (unpaired) electrons. The lowest BCUT2D eigenvalue weighted by Crippen LogP contribution is -2.00. The zero-order chi connectivity index (χ0) is 16.0. The van der Waals surface area contributed by atoms with Crippen molar-refractivity contribution in [1.82, 2.24) is 0 Å². The number of carbonyl (C=O) groups excluding carboxylic acids is 1. The molecule has 1 aromatic rings. The van der Waals surface area contributed by atoms with Gasteiger partial charge in [-0.15, -0.1) is 11.3 Å². The van der Waals surface area contributed by atoms with Crippen molar-refractivity contribution >= 4 is 23.3 Å². The second-order valence-electron chi connectivity index (χ2n) is 3.09. The first-order valence-electron chi connectivity index (χ1n) is 5.37. The monoisotopic (exact) mass is 302 g/mol. The van der Waals surface area contributed by atoms with Crippen LogP contribution in [-0.4, -0.2) is 40.5 Å². The number of esters is 1. The van der Waals surface area contributed by atoms with Crippen LogP contribution in [0.3, 0.4) is 0 Å². The number of thiophene rings is 1. The van der Waals surface area contributed by atoms with Gasteiger partial charge < -0.3 is 20.1 Å². The molecule has 7 heteroatoms. The summed E-state index contributed by atoms with van der Waals surface area (Å²) < 4.78 is 4.77. The molecule has 0 aromatic carbocycles. The molecule has 0 bridgehead atoms. The van der Waals surface area contributed by atoms with Gasteiger partial charge in [-0.05, 0) is 24.4 Å². The minimum absolute atomic E-state index is 0.125. The van der Waals surface area contributed by atoms with E-state index < -0.39 is 11.9 Å². The number of hydrogen-bond donors (Lipinski definition) is 3. The highest BCUT2D eigenvalue weighted by Gasteiger charge is 1.97. The summed E-state index contributed by atoms with van der Waals surface area (Å²) in [4.78, 5) is 20.1. The van der Waals surface area contributed by atoms with E-state index in [1.807, 2.05) is 11.4 Å². The SMILES string of the molecule is C=C(C)C(=O)O.C=CC(=O)Oc1cccs1.OCCO. The third-order valence-corrected chi connectivity index (χ3v) is 2.07. The number of aliphatic carboxylic acids is 1. The predicted octanol–water partition coefficient (Wildman–Crippen LogP) is 1.46. The summed E-state index contributed by atoms with van der Waals surface area (Å²) in [5, 5.41) is 25.6. The highest BCUT2D eigenvalue weighted by Crippen LogP contribution is 2.17. The fraction of sp³-hybridized carbons (Fsp3) is 0.231. The van der Waals surface area contributed by atoms with Gasteiger partial charge in [0.05, 0.1) is 13.2 Å². The molecule has 0 aliphatic rings. The zero-order valence-corrected chi connectivity index (χ0v) is 11.9. The second-order valence-corrected chi connectivity index (χ2v) is 4.00. The summed E-state index contributed by atoms with van der Waals surface area (Å²) in [5.41, 5.74) is 0.176. The molecular weight excluding hydrogens is 284 g/mol. The van der Waals surface area contributed by atoms with Crippen molar-refractivity contribution in [2.75, 3.05) is 13.2 Å². The van der Waals surface area contributed by atoms with E-state index in [0.29, 0.717) is 5.06 Å². The molecule has 0 unspecified atom stereocenters. The summed E-state index contributed by atoms with van der Waals surface area (Å²) in [6.45, 7) is 7.62. The van der Waals surface area contributed by atoms with Crippen molar-refractivity contribution in [2.45, 2.75) is 6.92 Å². The Morgan fingerprint density at radius 3 is 2.15 bits per heavy atom. The number of ether oxygens (including phenoxy) is 1. The predicted molar refractivity (Wildman–Crippen MR) is 76.8 cm³/mol. The first kappa shape index (κ1) is 20.4. The zero-order valence-electron chi connectivity index (χ0n) is 11.1. The Bertz CT molecular complexity index is 397. The van der Waals surface area contributed by atoms with Gasteiger partial charge in [0.15, 0.2) is 5.06 Å². The van der Waals surface area contributed by atoms with Crippen LogP contribution in [0.1, 0.15) is 6.92 Å². The largest absolute Gasteiger partial charge is 0.478 e. The third kappa shape index (κ3) is 14.1. The molecule has 0 saturated heterocycles. The standard InChI is InChI=1S/C7H6O2S.C4H6O2.C2H6O2/c1-2-6(8)9-7-4-3-5-10-7;1-3(2)4(5)6;3-1-2-4/h2-5H,1H2;1H2,2H3,(H,5,6);3-4H,1-2H2. The van der Waals surface area contributed by atoms with E-state index in [4.69, 9.17) is 20.1 Å². The van der Waals surface area contributed by atoms with Crippen molar-refractivity contribution in [3.8, 4) is 5.06 Å². The Hall–Kier alpha value is -1.96. The van der Waals surface area contributed by atoms with Gasteiger partial charge in [-0.2, -0.15) is 0 Å². The van der Waals surface area contributed by atoms with Crippen molar-refractivity contribution in [3.63, 3.8) is 0 Å². The molecule has 6 nitrogen and oxygen atoms in total. The minimum Gasteiger partial charge on any atom is -0.478 e. The molecule has 0 aliphatic heterocycles. The van der Waals surface area contributed by atoms with E-state index in [9.17, 15) is 9.59 Å². The van der Waals surface area contributed by atoms with Gasteiger partial charge in [0.2, 0.25) is 0 Å². The Morgan fingerprint density at radius 1 is 1.40 bits per heavy atom. The quantitative estimate of drug-likeness (QED) is 0.574. The molecular formula is C13H18O6S. The molecule has 112 valence electrons. The molecule has 1 heterocycles. The fourth-order valence-corrected chi connectivity index (χ4v) is 1.04. The van der Waals surface area contributed by atoms with Gasteiger partial charge in [0.1, 0.15) is 0 Å². The topological polar surface area (TPSA) is 104 Å². The van der Waals surface area contributed by atoms with Gasteiger partial charge >= 0.3 is 11.9 Å². The van der Waals surface area contributed by atoms with Crippen LogP contribution in [0.15, 0.2) is 42.3 Å². The molecule has 3 N–H and O–H groups in total. The van der Waals surface area contributed by atoms with Crippen molar-refractivity contribution in [1.29, 1.82) is 0 Å². The number of carboxylic acids is 1. The number of aliphatic hydroxyl groups is 2. The van der Waals surface area contributed by atoms with Crippen molar-refractivity contribution in [2.24, 2.45) is 0 Å². The Morgan fingerprint density at radius 2 is 1.90 bits per heavy atom. The first-order chi connectivity index (χ1) is 9.38. The molecule has 0 spiro atoms. The highest BCUT2D eigenvalue weighted by atomic mass is 32.1. The first-order valence-corrected chi connectivity index (χ1v) is 6.25. The van der Waals surface area contributed by atoms with Crippen LogP contribution in [-0.2, 0) is 9.59 Å². The number of carboxylic acid groups (broad SMARTS) is 1. The molecule has 0 atom stereocenters.